The van der Waals surface area contributed by atoms with Crippen LogP contribution in [0.25, 0.3) is 0 Å². The smallest absolute Gasteiger partial charge is 0.0842 e. The van der Waals surface area contributed by atoms with Crippen molar-refractivity contribution in [3.05, 3.63) is 35.4 Å². The van der Waals surface area contributed by atoms with Crippen molar-refractivity contribution >= 4 is 0 Å². The Bertz CT molecular complexity index is 439. The van der Waals surface area contributed by atoms with Crippen molar-refractivity contribution in [3.8, 4) is 0 Å². The average Bonchev–Trinajstić information content (AvgIpc) is 2.55. The van der Waals surface area contributed by atoms with Gasteiger partial charge in [0.2, 0.25) is 0 Å². The van der Waals surface area contributed by atoms with Gasteiger partial charge in [-0.25, -0.2) is 0 Å². The van der Waals surface area contributed by atoms with Crippen LogP contribution in [-0.2, 0) is 11.2 Å². The van der Waals surface area contributed by atoms with Gasteiger partial charge in [0.15, 0.2) is 0 Å². The van der Waals surface area contributed by atoms with Gasteiger partial charge < -0.3 is 10.1 Å². The van der Waals surface area contributed by atoms with E-state index in [0.717, 1.165) is 31.9 Å². The van der Waals surface area contributed by atoms with Crippen molar-refractivity contribution in [1.29, 1.82) is 0 Å². The van der Waals surface area contributed by atoms with Gasteiger partial charge in [0.25, 0.3) is 0 Å². The van der Waals surface area contributed by atoms with Crippen molar-refractivity contribution in [3.63, 3.8) is 0 Å². The van der Waals surface area contributed by atoms with Gasteiger partial charge in [-0.2, -0.15) is 0 Å². The second-order valence-electron chi connectivity index (χ2n) is 6.61. The summed E-state index contributed by atoms with van der Waals surface area (Å²) in [7, 11) is 0. The summed E-state index contributed by atoms with van der Waals surface area (Å²) in [6, 6.07) is 9.47. The van der Waals surface area contributed by atoms with Gasteiger partial charge in [0.05, 0.1) is 12.7 Å². The minimum absolute atomic E-state index is 0.293. The fraction of sp³-hybridized carbons (Fsp3) is 0.684. The lowest BCUT2D eigenvalue weighted by molar-refractivity contribution is 0.0225. The first-order valence-corrected chi connectivity index (χ1v) is 8.81. The molecule has 1 aromatic rings. The zero-order valence-corrected chi connectivity index (χ0v) is 13.3. The molecule has 1 fully saturated rings. The van der Waals surface area contributed by atoms with Crippen molar-refractivity contribution in [2.45, 2.75) is 64.0 Å². The number of hydrogen-bond donors (Lipinski definition) is 1. The zero-order valence-electron chi connectivity index (χ0n) is 13.3. The van der Waals surface area contributed by atoms with Crippen LogP contribution in [-0.4, -0.2) is 19.2 Å². The molecule has 0 radical (unpaired) electrons. The molecule has 1 heterocycles. The second-order valence-corrected chi connectivity index (χ2v) is 6.61. The van der Waals surface area contributed by atoms with E-state index in [1.165, 1.54) is 43.2 Å². The molecule has 0 saturated heterocycles. The number of hydrogen-bond acceptors (Lipinski definition) is 2. The lowest BCUT2D eigenvalue weighted by Crippen LogP contribution is -2.39. The first-order valence-electron chi connectivity index (χ1n) is 8.81. The summed E-state index contributed by atoms with van der Waals surface area (Å²) in [4.78, 5) is 0. The van der Waals surface area contributed by atoms with Crippen LogP contribution in [0.2, 0.25) is 0 Å². The fourth-order valence-corrected chi connectivity index (χ4v) is 4.14. The minimum atomic E-state index is 0.293. The molecule has 1 aliphatic carbocycles. The van der Waals surface area contributed by atoms with Gasteiger partial charge in [0.1, 0.15) is 0 Å². The van der Waals surface area contributed by atoms with Crippen LogP contribution < -0.4 is 5.32 Å². The van der Waals surface area contributed by atoms with Gasteiger partial charge >= 0.3 is 0 Å². The second kappa shape index (κ2) is 7.42. The Hall–Kier alpha value is -0.860. The highest BCUT2D eigenvalue weighted by Crippen LogP contribution is 2.35. The molecule has 0 spiro atoms. The summed E-state index contributed by atoms with van der Waals surface area (Å²) in [5.74, 6) is 0.844. The summed E-state index contributed by atoms with van der Waals surface area (Å²) >= 11 is 0. The number of nitrogens with one attached hydrogen (secondary N) is 1. The lowest BCUT2D eigenvalue weighted by atomic mass is 9.80. The molecule has 2 heteroatoms. The highest BCUT2D eigenvalue weighted by Gasteiger charge is 2.29. The Morgan fingerprint density at radius 3 is 2.81 bits per heavy atom. The van der Waals surface area contributed by atoms with Gasteiger partial charge in [-0.15, -0.1) is 0 Å². The summed E-state index contributed by atoms with van der Waals surface area (Å²) in [5.41, 5.74) is 2.93. The Morgan fingerprint density at radius 1 is 1.19 bits per heavy atom. The lowest BCUT2D eigenvalue weighted by Gasteiger charge is -2.35. The highest BCUT2D eigenvalue weighted by molar-refractivity contribution is 5.31. The number of benzene rings is 1. The first-order chi connectivity index (χ1) is 10.4. The average molecular weight is 287 g/mol. The Labute approximate surface area is 129 Å². The van der Waals surface area contributed by atoms with Crippen LogP contribution in [0.15, 0.2) is 24.3 Å². The van der Waals surface area contributed by atoms with E-state index in [9.17, 15) is 0 Å². The molecular weight excluding hydrogens is 258 g/mol. The summed E-state index contributed by atoms with van der Waals surface area (Å²) < 4.78 is 6.13. The molecule has 116 valence electrons. The Kier molecular flexibility index (Phi) is 5.32. The monoisotopic (exact) mass is 287 g/mol. The maximum atomic E-state index is 6.13. The predicted octanol–water partition coefficient (Wildman–Crippen LogP) is 4.25. The number of fused-ring (bicyclic) bond motifs is 1. The van der Waals surface area contributed by atoms with Gasteiger partial charge in [0, 0.05) is 6.04 Å². The third kappa shape index (κ3) is 3.67. The molecule has 0 bridgehead atoms. The van der Waals surface area contributed by atoms with E-state index in [1.54, 1.807) is 0 Å². The Balaban J connectivity index is 1.71. The van der Waals surface area contributed by atoms with E-state index in [2.05, 4.69) is 36.5 Å². The third-order valence-corrected chi connectivity index (χ3v) is 5.25. The van der Waals surface area contributed by atoms with Crippen molar-refractivity contribution in [2.24, 2.45) is 5.92 Å². The molecule has 0 aromatic heterocycles. The van der Waals surface area contributed by atoms with Crippen LogP contribution in [0.4, 0.5) is 0 Å². The van der Waals surface area contributed by atoms with Crippen LogP contribution in [0.1, 0.15) is 62.7 Å². The quantitative estimate of drug-likeness (QED) is 0.874. The molecule has 0 amide bonds. The van der Waals surface area contributed by atoms with Gasteiger partial charge in [-0.1, -0.05) is 50.5 Å². The molecule has 1 aromatic carbocycles. The molecule has 1 N–H and O–H groups in total. The SMILES string of the molecule is CCNC(CC1OCCc2ccccc21)C1CCCCC1. The zero-order chi connectivity index (χ0) is 14.5. The van der Waals surface area contributed by atoms with E-state index in [-0.39, 0.29) is 0 Å². The summed E-state index contributed by atoms with van der Waals surface area (Å²) in [5, 5.41) is 3.75. The molecule has 1 aliphatic heterocycles. The summed E-state index contributed by atoms with van der Waals surface area (Å²) in [6.45, 7) is 4.17. The minimum Gasteiger partial charge on any atom is -0.373 e. The molecule has 21 heavy (non-hydrogen) atoms. The predicted molar refractivity (Wildman–Crippen MR) is 87.5 cm³/mol. The van der Waals surface area contributed by atoms with Gasteiger partial charge in [-0.3, -0.25) is 0 Å². The standard InChI is InChI=1S/C19H29NO/c1-2-20-18(16-9-4-3-5-10-16)14-19-17-11-7-6-8-15(17)12-13-21-19/h6-8,11,16,18-20H,2-5,9-10,12-14H2,1H3. The van der Waals surface area contributed by atoms with Crippen molar-refractivity contribution < 1.29 is 4.74 Å². The molecule has 2 unspecified atom stereocenters. The Morgan fingerprint density at radius 2 is 2.00 bits per heavy atom. The number of ether oxygens (including phenoxy) is 1. The maximum Gasteiger partial charge on any atom is 0.0842 e. The van der Waals surface area contributed by atoms with E-state index in [4.69, 9.17) is 4.74 Å². The van der Waals surface area contributed by atoms with E-state index >= 15 is 0 Å². The topological polar surface area (TPSA) is 21.3 Å². The van der Waals surface area contributed by atoms with Crippen LogP contribution in [0, 0.1) is 5.92 Å². The fourth-order valence-electron chi connectivity index (χ4n) is 4.14. The van der Waals surface area contributed by atoms with Crippen LogP contribution in [0.5, 0.6) is 0 Å². The largest absolute Gasteiger partial charge is 0.373 e. The van der Waals surface area contributed by atoms with E-state index in [1.807, 2.05) is 0 Å². The molecule has 2 atom stereocenters. The third-order valence-electron chi connectivity index (χ3n) is 5.25. The van der Waals surface area contributed by atoms with Gasteiger partial charge in [-0.05, 0) is 49.3 Å². The van der Waals surface area contributed by atoms with Crippen molar-refractivity contribution in [2.75, 3.05) is 13.2 Å². The molecular formula is C19H29NO. The molecule has 1 saturated carbocycles. The first kappa shape index (κ1) is 15.1. The molecule has 3 rings (SSSR count). The van der Waals surface area contributed by atoms with Crippen LogP contribution >= 0.6 is 0 Å². The van der Waals surface area contributed by atoms with E-state index in [0.29, 0.717) is 12.1 Å². The molecule has 2 nitrogen and oxygen atoms in total. The molecule has 2 aliphatic rings. The number of rotatable bonds is 5. The maximum absolute atomic E-state index is 6.13. The van der Waals surface area contributed by atoms with Crippen molar-refractivity contribution in [1.82, 2.24) is 5.32 Å². The van der Waals surface area contributed by atoms with Crippen LogP contribution in [0.3, 0.4) is 0 Å². The van der Waals surface area contributed by atoms with E-state index < -0.39 is 0 Å². The highest BCUT2D eigenvalue weighted by atomic mass is 16.5. The normalized spacial score (nSPS) is 24.5. The summed E-state index contributed by atoms with van der Waals surface area (Å²) in [6.07, 6.45) is 9.54.